The van der Waals surface area contributed by atoms with Crippen molar-refractivity contribution in [3.05, 3.63) is 0 Å². The Bertz CT molecular complexity index is 205. The van der Waals surface area contributed by atoms with Crippen LogP contribution in [0.4, 0.5) is 0 Å². The summed E-state index contributed by atoms with van der Waals surface area (Å²) in [5, 5.41) is 2.58. The molecule has 0 unspecified atom stereocenters. The smallest absolute Gasteiger partial charge is 0.241 e. The van der Waals surface area contributed by atoms with Crippen LogP contribution in [0.15, 0.2) is 0 Å². The van der Waals surface area contributed by atoms with Gasteiger partial charge in [-0.2, -0.15) is 0 Å². The summed E-state index contributed by atoms with van der Waals surface area (Å²) >= 11 is 0. The van der Waals surface area contributed by atoms with Crippen molar-refractivity contribution >= 4 is 11.8 Å². The van der Waals surface area contributed by atoms with E-state index in [0.717, 1.165) is 19.3 Å². The lowest BCUT2D eigenvalue weighted by Crippen LogP contribution is -2.36. The van der Waals surface area contributed by atoms with Crippen LogP contribution in [0.25, 0.3) is 0 Å². The summed E-state index contributed by atoms with van der Waals surface area (Å²) < 4.78 is 0. The molecular formula is C10H21N3O2. The van der Waals surface area contributed by atoms with Gasteiger partial charge in [0, 0.05) is 20.5 Å². The third-order valence-corrected chi connectivity index (χ3v) is 2.04. The topological polar surface area (TPSA) is 75.4 Å². The van der Waals surface area contributed by atoms with E-state index >= 15 is 0 Å². The fourth-order valence-corrected chi connectivity index (χ4v) is 1.03. The maximum absolute atomic E-state index is 11.2. The molecule has 0 atom stereocenters. The van der Waals surface area contributed by atoms with Gasteiger partial charge in [-0.05, 0) is 19.4 Å². The average molecular weight is 215 g/mol. The summed E-state index contributed by atoms with van der Waals surface area (Å²) in [5.41, 5.74) is 5.33. The van der Waals surface area contributed by atoms with Crippen molar-refractivity contribution in [1.82, 2.24) is 10.2 Å². The van der Waals surface area contributed by atoms with Gasteiger partial charge in [-0.25, -0.2) is 0 Å². The fraction of sp³-hybridized carbons (Fsp3) is 0.800. The Labute approximate surface area is 91.0 Å². The van der Waals surface area contributed by atoms with Crippen molar-refractivity contribution in [3.63, 3.8) is 0 Å². The minimum atomic E-state index is -0.0923. The van der Waals surface area contributed by atoms with Gasteiger partial charge in [0.05, 0.1) is 6.54 Å². The van der Waals surface area contributed by atoms with Crippen LogP contribution in [0, 0.1) is 0 Å². The molecule has 0 aromatic rings. The highest BCUT2D eigenvalue weighted by molar-refractivity contribution is 5.84. The Morgan fingerprint density at radius 1 is 1.20 bits per heavy atom. The summed E-state index contributed by atoms with van der Waals surface area (Å²) in [7, 11) is 3.32. The Morgan fingerprint density at radius 2 is 1.87 bits per heavy atom. The standard InChI is InChI=1S/C10H21N3O2/c1-13(2)10(15)8-12-9(14)6-4-3-5-7-11/h3-8,11H2,1-2H3,(H,12,14). The van der Waals surface area contributed by atoms with Crippen molar-refractivity contribution < 1.29 is 9.59 Å². The van der Waals surface area contributed by atoms with E-state index in [1.165, 1.54) is 4.90 Å². The van der Waals surface area contributed by atoms with Crippen LogP contribution < -0.4 is 11.1 Å². The van der Waals surface area contributed by atoms with E-state index in [1.807, 2.05) is 0 Å². The third kappa shape index (κ3) is 7.93. The molecule has 15 heavy (non-hydrogen) atoms. The van der Waals surface area contributed by atoms with Crippen LogP contribution in [0.2, 0.25) is 0 Å². The average Bonchev–Trinajstić information content (AvgIpc) is 2.20. The first-order valence-corrected chi connectivity index (χ1v) is 5.25. The quantitative estimate of drug-likeness (QED) is 0.573. The summed E-state index contributed by atoms with van der Waals surface area (Å²) in [6.07, 6.45) is 3.22. The number of rotatable bonds is 7. The van der Waals surface area contributed by atoms with Crippen molar-refractivity contribution in [1.29, 1.82) is 0 Å². The molecule has 2 amide bonds. The summed E-state index contributed by atoms with van der Waals surface area (Å²) in [6.45, 7) is 0.753. The van der Waals surface area contributed by atoms with E-state index < -0.39 is 0 Å². The highest BCUT2D eigenvalue weighted by Gasteiger charge is 2.06. The normalized spacial score (nSPS) is 9.80. The first-order valence-electron chi connectivity index (χ1n) is 5.25. The molecule has 0 aliphatic rings. The molecule has 0 aromatic carbocycles. The molecule has 5 heteroatoms. The molecular weight excluding hydrogens is 194 g/mol. The van der Waals surface area contributed by atoms with Gasteiger partial charge in [0.25, 0.3) is 0 Å². The van der Waals surface area contributed by atoms with E-state index in [4.69, 9.17) is 5.73 Å². The number of likely N-dealkylation sites (N-methyl/N-ethyl adjacent to an activating group) is 1. The molecule has 3 N–H and O–H groups in total. The van der Waals surface area contributed by atoms with Crippen LogP contribution in [-0.2, 0) is 9.59 Å². The Balaban J connectivity index is 3.45. The number of unbranched alkanes of at least 4 members (excludes halogenated alkanes) is 2. The van der Waals surface area contributed by atoms with Gasteiger partial charge >= 0.3 is 0 Å². The maximum Gasteiger partial charge on any atom is 0.241 e. The molecule has 0 radical (unpaired) electrons. The lowest BCUT2D eigenvalue weighted by atomic mass is 10.2. The molecule has 0 rings (SSSR count). The van der Waals surface area contributed by atoms with Gasteiger partial charge in [-0.1, -0.05) is 6.42 Å². The minimum Gasteiger partial charge on any atom is -0.347 e. The lowest BCUT2D eigenvalue weighted by molar-refractivity contribution is -0.130. The van der Waals surface area contributed by atoms with E-state index in [-0.39, 0.29) is 18.4 Å². The Morgan fingerprint density at radius 3 is 2.40 bits per heavy atom. The van der Waals surface area contributed by atoms with E-state index in [1.54, 1.807) is 14.1 Å². The first kappa shape index (κ1) is 13.9. The highest BCUT2D eigenvalue weighted by atomic mass is 16.2. The van der Waals surface area contributed by atoms with E-state index in [9.17, 15) is 9.59 Å². The second-order valence-electron chi connectivity index (χ2n) is 3.66. The van der Waals surface area contributed by atoms with Gasteiger partial charge in [-0.15, -0.1) is 0 Å². The minimum absolute atomic E-state index is 0.0674. The van der Waals surface area contributed by atoms with Crippen LogP contribution in [0.5, 0.6) is 0 Å². The summed E-state index contributed by atoms with van der Waals surface area (Å²) in [4.78, 5) is 23.8. The van der Waals surface area contributed by atoms with E-state index in [2.05, 4.69) is 5.32 Å². The molecule has 0 aliphatic carbocycles. The molecule has 0 spiro atoms. The zero-order valence-electron chi connectivity index (χ0n) is 9.58. The maximum atomic E-state index is 11.2. The lowest BCUT2D eigenvalue weighted by Gasteiger charge is -2.10. The number of hydrogen-bond donors (Lipinski definition) is 2. The molecule has 5 nitrogen and oxygen atoms in total. The Hall–Kier alpha value is -1.10. The number of nitrogens with two attached hydrogens (primary N) is 1. The largest absolute Gasteiger partial charge is 0.347 e. The van der Waals surface area contributed by atoms with Crippen molar-refractivity contribution in [2.75, 3.05) is 27.2 Å². The number of nitrogens with zero attached hydrogens (tertiary/aromatic N) is 1. The number of hydrogen-bond acceptors (Lipinski definition) is 3. The fourth-order valence-electron chi connectivity index (χ4n) is 1.03. The van der Waals surface area contributed by atoms with Crippen molar-refractivity contribution in [2.24, 2.45) is 5.73 Å². The van der Waals surface area contributed by atoms with Crippen LogP contribution in [-0.4, -0.2) is 43.9 Å². The molecule has 0 bridgehead atoms. The molecule has 0 heterocycles. The molecule has 88 valence electrons. The molecule has 0 saturated carbocycles. The molecule has 0 fully saturated rings. The predicted octanol–water partition coefficient (Wildman–Crippen LogP) is -0.290. The van der Waals surface area contributed by atoms with Gasteiger partial charge in [0.1, 0.15) is 0 Å². The molecule has 0 saturated heterocycles. The van der Waals surface area contributed by atoms with Gasteiger partial charge in [0.15, 0.2) is 0 Å². The van der Waals surface area contributed by atoms with Gasteiger partial charge in [0.2, 0.25) is 11.8 Å². The predicted molar refractivity (Wildman–Crippen MR) is 59.2 cm³/mol. The Kier molecular flexibility index (Phi) is 7.62. The SMILES string of the molecule is CN(C)C(=O)CNC(=O)CCCCCN. The van der Waals surface area contributed by atoms with Crippen molar-refractivity contribution in [2.45, 2.75) is 25.7 Å². The third-order valence-electron chi connectivity index (χ3n) is 2.04. The van der Waals surface area contributed by atoms with Crippen LogP contribution in [0.3, 0.4) is 0 Å². The van der Waals surface area contributed by atoms with Gasteiger partial charge < -0.3 is 16.0 Å². The summed E-state index contributed by atoms with van der Waals surface area (Å²) in [6, 6.07) is 0. The zero-order chi connectivity index (χ0) is 11.7. The van der Waals surface area contributed by atoms with Gasteiger partial charge in [-0.3, -0.25) is 9.59 Å². The van der Waals surface area contributed by atoms with Crippen LogP contribution in [0.1, 0.15) is 25.7 Å². The molecule has 0 aliphatic heterocycles. The number of nitrogens with one attached hydrogen (secondary N) is 1. The second kappa shape index (κ2) is 8.23. The summed E-state index contributed by atoms with van der Waals surface area (Å²) in [5.74, 6) is -0.160. The second-order valence-corrected chi connectivity index (χ2v) is 3.66. The van der Waals surface area contributed by atoms with E-state index in [0.29, 0.717) is 13.0 Å². The monoisotopic (exact) mass is 215 g/mol. The van der Waals surface area contributed by atoms with Crippen molar-refractivity contribution in [3.8, 4) is 0 Å². The highest BCUT2D eigenvalue weighted by Crippen LogP contribution is 1.97. The number of amides is 2. The molecule has 0 aromatic heterocycles. The number of carbonyl (C=O) groups is 2. The zero-order valence-corrected chi connectivity index (χ0v) is 9.58. The first-order chi connectivity index (χ1) is 7.07. The van der Waals surface area contributed by atoms with Crippen LogP contribution >= 0.6 is 0 Å². The number of carbonyl (C=O) groups excluding carboxylic acids is 2.